The predicted molar refractivity (Wildman–Crippen MR) is 74.3 cm³/mol. The maximum atomic E-state index is 6.00. The van der Waals surface area contributed by atoms with Crippen LogP contribution in [-0.4, -0.2) is 13.1 Å². The summed E-state index contributed by atoms with van der Waals surface area (Å²) in [5.41, 5.74) is 2.52. The lowest BCUT2D eigenvalue weighted by molar-refractivity contribution is 0.739. The van der Waals surface area contributed by atoms with Gasteiger partial charge in [0.25, 0.3) is 0 Å². The summed E-state index contributed by atoms with van der Waals surface area (Å²) in [7, 11) is 0. The van der Waals surface area contributed by atoms with Crippen LogP contribution in [0.25, 0.3) is 0 Å². The fourth-order valence-corrected chi connectivity index (χ4v) is 2.53. The molecule has 1 saturated carbocycles. The van der Waals surface area contributed by atoms with Gasteiger partial charge in [0.1, 0.15) is 0 Å². The van der Waals surface area contributed by atoms with E-state index in [-0.39, 0.29) is 0 Å². The average molecular weight is 303 g/mol. The first-order chi connectivity index (χ1) is 7.74. The Hall–Kier alpha value is -0.210. The van der Waals surface area contributed by atoms with Crippen LogP contribution in [0.2, 0.25) is 0 Å². The number of alkyl halides is 1. The summed E-state index contributed by atoms with van der Waals surface area (Å²) in [4.78, 5) is 2.44. The molecule has 1 nitrogen and oxygen atoms in total. The molecule has 0 atom stereocenters. The molecule has 0 radical (unpaired) electrons. The number of hydrogen-bond donors (Lipinski definition) is 0. The standard InChI is InChI=1S/C13H17BrClN/c1-2-16(9-10-3-4-10)13-7-12(14)6-5-11(13)8-15/h5-7,10H,2-4,8-9H2,1H3. The molecule has 0 amide bonds. The summed E-state index contributed by atoms with van der Waals surface area (Å²) < 4.78 is 1.13. The molecule has 0 bridgehead atoms. The predicted octanol–water partition coefficient (Wildman–Crippen LogP) is 4.42. The molecule has 0 aromatic heterocycles. The topological polar surface area (TPSA) is 3.24 Å². The molecule has 0 saturated heterocycles. The van der Waals surface area contributed by atoms with E-state index in [1.54, 1.807) is 0 Å². The number of halogens is 2. The number of benzene rings is 1. The Morgan fingerprint density at radius 2 is 2.19 bits per heavy atom. The van der Waals surface area contributed by atoms with Crippen molar-refractivity contribution in [1.29, 1.82) is 0 Å². The van der Waals surface area contributed by atoms with Gasteiger partial charge in [-0.25, -0.2) is 0 Å². The fourth-order valence-electron chi connectivity index (χ4n) is 1.95. The number of anilines is 1. The molecular formula is C13H17BrClN. The van der Waals surface area contributed by atoms with Gasteiger partial charge in [0.2, 0.25) is 0 Å². The SMILES string of the molecule is CCN(CC1CC1)c1cc(Br)ccc1CCl. The molecule has 2 rings (SSSR count). The van der Waals surface area contributed by atoms with Crippen LogP contribution in [0, 0.1) is 5.92 Å². The van der Waals surface area contributed by atoms with Crippen molar-refractivity contribution in [2.75, 3.05) is 18.0 Å². The third kappa shape index (κ3) is 2.92. The Balaban J connectivity index is 2.23. The van der Waals surface area contributed by atoms with E-state index >= 15 is 0 Å². The average Bonchev–Trinajstić information content (AvgIpc) is 3.09. The molecule has 1 aromatic carbocycles. The van der Waals surface area contributed by atoms with Crippen molar-refractivity contribution < 1.29 is 0 Å². The van der Waals surface area contributed by atoms with Gasteiger partial charge in [-0.1, -0.05) is 22.0 Å². The molecule has 16 heavy (non-hydrogen) atoms. The number of hydrogen-bond acceptors (Lipinski definition) is 1. The molecule has 0 spiro atoms. The van der Waals surface area contributed by atoms with Gasteiger partial charge in [0.05, 0.1) is 0 Å². The van der Waals surface area contributed by atoms with E-state index in [2.05, 4.69) is 46.0 Å². The first-order valence-electron chi connectivity index (χ1n) is 5.84. The third-order valence-electron chi connectivity index (χ3n) is 3.09. The van der Waals surface area contributed by atoms with Crippen LogP contribution in [0.4, 0.5) is 5.69 Å². The Bertz CT molecular complexity index is 363. The highest BCUT2D eigenvalue weighted by Crippen LogP contribution is 2.33. The van der Waals surface area contributed by atoms with Crippen LogP contribution < -0.4 is 4.90 Å². The van der Waals surface area contributed by atoms with Crippen molar-refractivity contribution >= 4 is 33.2 Å². The fraction of sp³-hybridized carbons (Fsp3) is 0.538. The Labute approximate surface area is 111 Å². The van der Waals surface area contributed by atoms with Crippen LogP contribution in [0.3, 0.4) is 0 Å². The maximum Gasteiger partial charge on any atom is 0.0494 e. The van der Waals surface area contributed by atoms with Gasteiger partial charge in [-0.3, -0.25) is 0 Å². The molecule has 0 aliphatic heterocycles. The highest BCUT2D eigenvalue weighted by molar-refractivity contribution is 9.10. The number of nitrogens with zero attached hydrogens (tertiary/aromatic N) is 1. The van der Waals surface area contributed by atoms with Crippen LogP contribution >= 0.6 is 27.5 Å². The molecule has 1 fully saturated rings. The van der Waals surface area contributed by atoms with Gasteiger partial charge in [-0.05, 0) is 43.4 Å². The molecule has 0 N–H and O–H groups in total. The molecule has 1 aliphatic carbocycles. The summed E-state index contributed by atoms with van der Waals surface area (Å²) in [6.07, 6.45) is 2.78. The van der Waals surface area contributed by atoms with Gasteiger partial charge in [0, 0.05) is 29.1 Å². The highest BCUT2D eigenvalue weighted by Gasteiger charge is 2.24. The normalized spacial score (nSPS) is 15.2. The lowest BCUT2D eigenvalue weighted by Gasteiger charge is -2.25. The van der Waals surface area contributed by atoms with E-state index in [1.165, 1.54) is 30.6 Å². The summed E-state index contributed by atoms with van der Waals surface area (Å²) in [6, 6.07) is 6.36. The van der Waals surface area contributed by atoms with Crippen molar-refractivity contribution in [3.63, 3.8) is 0 Å². The van der Waals surface area contributed by atoms with Crippen molar-refractivity contribution in [1.82, 2.24) is 0 Å². The summed E-state index contributed by atoms with van der Waals surface area (Å²) >= 11 is 9.53. The second kappa shape index (κ2) is 5.42. The van der Waals surface area contributed by atoms with Crippen LogP contribution in [0.5, 0.6) is 0 Å². The lowest BCUT2D eigenvalue weighted by atomic mass is 10.1. The first kappa shape index (κ1) is 12.3. The molecule has 88 valence electrons. The third-order valence-corrected chi connectivity index (χ3v) is 3.87. The van der Waals surface area contributed by atoms with Crippen molar-refractivity contribution in [3.05, 3.63) is 28.2 Å². The van der Waals surface area contributed by atoms with Gasteiger partial charge < -0.3 is 4.90 Å². The Kier molecular flexibility index (Phi) is 4.15. The van der Waals surface area contributed by atoms with Crippen LogP contribution in [0.15, 0.2) is 22.7 Å². The molecule has 0 heterocycles. The Morgan fingerprint density at radius 1 is 1.44 bits per heavy atom. The van der Waals surface area contributed by atoms with E-state index in [9.17, 15) is 0 Å². The largest absolute Gasteiger partial charge is 0.371 e. The summed E-state index contributed by atoms with van der Waals surface area (Å²) in [5.74, 6) is 1.49. The molecular weight excluding hydrogens is 286 g/mol. The lowest BCUT2D eigenvalue weighted by Crippen LogP contribution is -2.26. The quantitative estimate of drug-likeness (QED) is 0.728. The van der Waals surface area contributed by atoms with Gasteiger partial charge in [-0.15, -0.1) is 11.6 Å². The minimum atomic E-state index is 0.587. The molecule has 1 aromatic rings. The minimum Gasteiger partial charge on any atom is -0.371 e. The summed E-state index contributed by atoms with van der Waals surface area (Å²) in [5, 5.41) is 0. The van der Waals surface area contributed by atoms with Gasteiger partial charge in [0.15, 0.2) is 0 Å². The Morgan fingerprint density at radius 3 is 2.75 bits per heavy atom. The second-order valence-corrected chi connectivity index (χ2v) is 5.57. The molecule has 0 unspecified atom stereocenters. The van der Waals surface area contributed by atoms with E-state index in [4.69, 9.17) is 11.6 Å². The highest BCUT2D eigenvalue weighted by atomic mass is 79.9. The van der Waals surface area contributed by atoms with Crippen molar-refractivity contribution in [2.45, 2.75) is 25.6 Å². The van der Waals surface area contributed by atoms with E-state index in [0.29, 0.717) is 5.88 Å². The van der Waals surface area contributed by atoms with Gasteiger partial charge in [-0.2, -0.15) is 0 Å². The van der Waals surface area contributed by atoms with Crippen LogP contribution in [-0.2, 0) is 5.88 Å². The maximum absolute atomic E-state index is 6.00. The monoisotopic (exact) mass is 301 g/mol. The molecule has 3 heteroatoms. The zero-order valence-electron chi connectivity index (χ0n) is 9.55. The zero-order chi connectivity index (χ0) is 11.5. The van der Waals surface area contributed by atoms with Crippen molar-refractivity contribution in [2.24, 2.45) is 5.92 Å². The second-order valence-electron chi connectivity index (χ2n) is 4.39. The minimum absolute atomic E-state index is 0.587. The first-order valence-corrected chi connectivity index (χ1v) is 7.16. The smallest absolute Gasteiger partial charge is 0.0494 e. The summed E-state index contributed by atoms with van der Waals surface area (Å²) in [6.45, 7) is 4.44. The van der Waals surface area contributed by atoms with Crippen molar-refractivity contribution in [3.8, 4) is 0 Å². The van der Waals surface area contributed by atoms with E-state index in [1.807, 2.05) is 0 Å². The van der Waals surface area contributed by atoms with E-state index in [0.717, 1.165) is 16.9 Å². The van der Waals surface area contributed by atoms with Crippen LogP contribution in [0.1, 0.15) is 25.3 Å². The molecule has 1 aliphatic rings. The van der Waals surface area contributed by atoms with Gasteiger partial charge >= 0.3 is 0 Å². The zero-order valence-corrected chi connectivity index (χ0v) is 11.9. The van der Waals surface area contributed by atoms with E-state index < -0.39 is 0 Å². The number of rotatable bonds is 5.